The topological polar surface area (TPSA) is 108 Å². The van der Waals surface area contributed by atoms with Crippen LogP contribution in [0.25, 0.3) is 0 Å². The summed E-state index contributed by atoms with van der Waals surface area (Å²) in [6, 6.07) is 21.1. The van der Waals surface area contributed by atoms with E-state index >= 15 is 0 Å². The summed E-state index contributed by atoms with van der Waals surface area (Å²) in [6.07, 6.45) is 0. The predicted octanol–water partition coefficient (Wildman–Crippen LogP) is 3.85. The molecule has 0 unspecified atom stereocenters. The second kappa shape index (κ2) is 9.17. The van der Waals surface area contributed by atoms with Gasteiger partial charge in [-0.3, -0.25) is 9.59 Å². The first-order valence-electron chi connectivity index (χ1n) is 8.91. The van der Waals surface area contributed by atoms with E-state index < -0.39 is 5.97 Å². The zero-order valence-electron chi connectivity index (χ0n) is 16.0. The van der Waals surface area contributed by atoms with Crippen LogP contribution in [0.4, 0.5) is 11.4 Å². The van der Waals surface area contributed by atoms with Crippen LogP contribution in [0.15, 0.2) is 72.8 Å². The Balaban J connectivity index is 1.64. The fourth-order valence-electron chi connectivity index (χ4n) is 2.65. The number of benzene rings is 3. The van der Waals surface area contributed by atoms with E-state index in [1.54, 1.807) is 72.8 Å². The van der Waals surface area contributed by atoms with Gasteiger partial charge in [-0.2, -0.15) is 5.26 Å². The monoisotopic (exact) mass is 399 g/mol. The van der Waals surface area contributed by atoms with Gasteiger partial charge in [0.05, 0.1) is 24.3 Å². The molecule has 3 aromatic carbocycles. The summed E-state index contributed by atoms with van der Waals surface area (Å²) in [5, 5.41) is 14.4. The third kappa shape index (κ3) is 4.88. The first-order chi connectivity index (χ1) is 14.5. The molecule has 0 saturated heterocycles. The number of carbonyl (C=O) groups excluding carboxylic acids is 3. The van der Waals surface area contributed by atoms with Crippen molar-refractivity contribution >= 4 is 29.2 Å². The minimum absolute atomic E-state index is 0.351. The molecule has 0 atom stereocenters. The van der Waals surface area contributed by atoms with Gasteiger partial charge in [0.25, 0.3) is 11.8 Å². The molecule has 0 heterocycles. The Morgan fingerprint density at radius 1 is 0.767 bits per heavy atom. The van der Waals surface area contributed by atoms with Crippen molar-refractivity contribution < 1.29 is 19.1 Å². The van der Waals surface area contributed by atoms with E-state index in [0.717, 1.165) is 0 Å². The molecule has 2 amide bonds. The quantitative estimate of drug-likeness (QED) is 0.634. The molecule has 0 bridgehead atoms. The fraction of sp³-hybridized carbons (Fsp3) is 0.0435. The molecule has 0 spiro atoms. The number of nitrogens with zero attached hydrogens (tertiary/aromatic N) is 1. The molecule has 3 aromatic rings. The molecule has 148 valence electrons. The molecule has 2 N–H and O–H groups in total. The minimum Gasteiger partial charge on any atom is -0.465 e. The first kappa shape index (κ1) is 20.3. The summed E-state index contributed by atoms with van der Waals surface area (Å²) < 4.78 is 4.63. The van der Waals surface area contributed by atoms with Crippen LogP contribution >= 0.6 is 0 Å². The van der Waals surface area contributed by atoms with Gasteiger partial charge in [-0.15, -0.1) is 0 Å². The normalized spacial score (nSPS) is 9.87. The number of anilines is 2. The van der Waals surface area contributed by atoms with Crippen LogP contribution < -0.4 is 10.6 Å². The van der Waals surface area contributed by atoms with Crippen molar-refractivity contribution in [2.24, 2.45) is 0 Å². The van der Waals surface area contributed by atoms with Crippen molar-refractivity contribution in [3.05, 3.63) is 95.1 Å². The number of nitrogens with one attached hydrogen (secondary N) is 2. The van der Waals surface area contributed by atoms with Crippen molar-refractivity contribution in [3.63, 3.8) is 0 Å². The van der Waals surface area contributed by atoms with Gasteiger partial charge in [0, 0.05) is 22.5 Å². The zero-order chi connectivity index (χ0) is 21.5. The SMILES string of the molecule is COC(=O)c1ccc(NC(=O)c2ccc(C(=O)Nc3cccc(C#N)c3)cc2)cc1. The summed E-state index contributed by atoms with van der Waals surface area (Å²) in [5.41, 5.74) is 2.60. The van der Waals surface area contributed by atoms with Gasteiger partial charge in [0.1, 0.15) is 0 Å². The molecule has 0 fully saturated rings. The van der Waals surface area contributed by atoms with Crippen LogP contribution in [0, 0.1) is 11.3 Å². The highest BCUT2D eigenvalue weighted by Crippen LogP contribution is 2.15. The van der Waals surface area contributed by atoms with Gasteiger partial charge in [0.2, 0.25) is 0 Å². The Hall–Kier alpha value is -4.44. The maximum atomic E-state index is 12.4. The molecular weight excluding hydrogens is 382 g/mol. The standard InChI is InChI=1S/C23H17N3O4/c1-30-23(29)18-9-11-19(12-10-18)25-21(27)16-5-7-17(8-6-16)22(28)26-20-4-2-3-15(13-20)14-24/h2-13H,1H3,(H,25,27)(H,26,28). The summed E-state index contributed by atoms with van der Waals surface area (Å²) in [4.78, 5) is 36.2. The summed E-state index contributed by atoms with van der Waals surface area (Å²) >= 11 is 0. The number of amides is 2. The molecule has 30 heavy (non-hydrogen) atoms. The number of esters is 1. The van der Waals surface area contributed by atoms with Gasteiger partial charge < -0.3 is 15.4 Å². The highest BCUT2D eigenvalue weighted by atomic mass is 16.5. The van der Waals surface area contributed by atoms with E-state index in [1.807, 2.05) is 6.07 Å². The van der Waals surface area contributed by atoms with Gasteiger partial charge in [0.15, 0.2) is 0 Å². The number of methoxy groups -OCH3 is 1. The second-order valence-corrected chi connectivity index (χ2v) is 6.25. The number of hydrogen-bond acceptors (Lipinski definition) is 5. The summed E-state index contributed by atoms with van der Waals surface area (Å²) in [6.45, 7) is 0. The first-order valence-corrected chi connectivity index (χ1v) is 8.91. The molecule has 0 aromatic heterocycles. The van der Waals surface area contributed by atoms with Gasteiger partial charge in [-0.1, -0.05) is 6.07 Å². The third-order valence-corrected chi connectivity index (χ3v) is 4.22. The van der Waals surface area contributed by atoms with Crippen molar-refractivity contribution in [3.8, 4) is 6.07 Å². The predicted molar refractivity (Wildman–Crippen MR) is 111 cm³/mol. The van der Waals surface area contributed by atoms with Crippen LogP contribution in [0.3, 0.4) is 0 Å². The lowest BCUT2D eigenvalue weighted by Gasteiger charge is -2.08. The molecule has 3 rings (SSSR count). The van der Waals surface area contributed by atoms with Crippen LogP contribution in [0.1, 0.15) is 36.6 Å². The molecular formula is C23H17N3O4. The molecule has 0 radical (unpaired) electrons. The van der Waals surface area contributed by atoms with E-state index in [4.69, 9.17) is 5.26 Å². The molecule has 0 aliphatic carbocycles. The number of carbonyl (C=O) groups is 3. The smallest absolute Gasteiger partial charge is 0.337 e. The zero-order valence-corrected chi connectivity index (χ0v) is 16.0. The van der Waals surface area contributed by atoms with Crippen molar-refractivity contribution in [2.75, 3.05) is 17.7 Å². The average Bonchev–Trinajstić information content (AvgIpc) is 2.79. The second-order valence-electron chi connectivity index (χ2n) is 6.25. The van der Waals surface area contributed by atoms with Crippen LogP contribution in [0.5, 0.6) is 0 Å². The number of ether oxygens (including phenoxy) is 1. The van der Waals surface area contributed by atoms with Gasteiger partial charge >= 0.3 is 5.97 Å². The lowest BCUT2D eigenvalue weighted by Crippen LogP contribution is -2.14. The molecule has 7 nitrogen and oxygen atoms in total. The van der Waals surface area contributed by atoms with Gasteiger partial charge in [-0.05, 0) is 66.7 Å². The Bertz CT molecular complexity index is 1130. The summed E-state index contributed by atoms with van der Waals surface area (Å²) in [7, 11) is 1.30. The lowest BCUT2D eigenvalue weighted by molar-refractivity contribution is 0.0600. The molecule has 7 heteroatoms. The van der Waals surface area contributed by atoms with Gasteiger partial charge in [-0.25, -0.2) is 4.79 Å². The Morgan fingerprint density at radius 2 is 1.30 bits per heavy atom. The molecule has 0 saturated carbocycles. The fourth-order valence-corrected chi connectivity index (χ4v) is 2.65. The van der Waals surface area contributed by atoms with E-state index in [9.17, 15) is 14.4 Å². The van der Waals surface area contributed by atoms with E-state index in [2.05, 4.69) is 15.4 Å². The third-order valence-electron chi connectivity index (χ3n) is 4.22. The van der Waals surface area contributed by atoms with Crippen LogP contribution in [-0.2, 0) is 4.74 Å². The highest BCUT2D eigenvalue weighted by molar-refractivity contribution is 6.07. The molecule has 0 aliphatic heterocycles. The van der Waals surface area contributed by atoms with E-state index in [1.165, 1.54) is 7.11 Å². The number of hydrogen-bond donors (Lipinski definition) is 2. The van der Waals surface area contributed by atoms with Crippen molar-refractivity contribution in [1.82, 2.24) is 0 Å². The number of rotatable bonds is 5. The Kier molecular flexibility index (Phi) is 6.20. The van der Waals surface area contributed by atoms with Crippen molar-refractivity contribution in [1.29, 1.82) is 5.26 Å². The number of nitriles is 1. The lowest BCUT2D eigenvalue weighted by atomic mass is 10.1. The maximum Gasteiger partial charge on any atom is 0.337 e. The van der Waals surface area contributed by atoms with E-state index in [-0.39, 0.29) is 11.8 Å². The highest BCUT2D eigenvalue weighted by Gasteiger charge is 2.11. The molecule has 0 aliphatic rings. The Morgan fingerprint density at radius 3 is 1.83 bits per heavy atom. The van der Waals surface area contributed by atoms with Crippen LogP contribution in [-0.4, -0.2) is 24.9 Å². The van der Waals surface area contributed by atoms with E-state index in [0.29, 0.717) is 33.6 Å². The minimum atomic E-state index is -0.457. The average molecular weight is 399 g/mol. The Labute approximate surface area is 172 Å². The summed E-state index contributed by atoms with van der Waals surface area (Å²) in [5.74, 6) is -1.16. The van der Waals surface area contributed by atoms with Crippen LogP contribution in [0.2, 0.25) is 0 Å². The maximum absolute atomic E-state index is 12.4. The largest absolute Gasteiger partial charge is 0.465 e. The van der Waals surface area contributed by atoms with Crippen molar-refractivity contribution in [2.45, 2.75) is 0 Å².